The van der Waals surface area contributed by atoms with Crippen molar-refractivity contribution in [2.75, 3.05) is 26.9 Å². The number of likely N-dealkylation sites (N-methyl/N-ethyl adjacent to an activating group) is 1. The fourth-order valence-corrected chi connectivity index (χ4v) is 4.64. The van der Waals surface area contributed by atoms with Gasteiger partial charge >= 0.3 is 12.1 Å². The molecule has 8 heteroatoms. The molecule has 182 valence electrons. The van der Waals surface area contributed by atoms with Crippen LogP contribution in [0.5, 0.6) is 0 Å². The number of fused-ring (bicyclic) bond motifs is 3. The van der Waals surface area contributed by atoms with Crippen LogP contribution in [0.25, 0.3) is 11.1 Å². The van der Waals surface area contributed by atoms with Gasteiger partial charge in [-0.3, -0.25) is 9.59 Å². The number of nitrogens with zero attached hydrogens (tertiary/aromatic N) is 1. The van der Waals surface area contributed by atoms with Crippen LogP contribution in [-0.4, -0.2) is 66.4 Å². The molecule has 1 aliphatic rings. The summed E-state index contributed by atoms with van der Waals surface area (Å²) in [5.41, 5.74) is 3.01. The normalized spacial score (nSPS) is 14.9. The smallest absolute Gasteiger partial charge is 0.408 e. The lowest BCUT2D eigenvalue weighted by Gasteiger charge is -2.36. The molecule has 0 saturated carbocycles. The summed E-state index contributed by atoms with van der Waals surface area (Å²) in [4.78, 5) is 38.7. The highest BCUT2D eigenvalue weighted by molar-refractivity contribution is 5.90. The van der Waals surface area contributed by atoms with Crippen LogP contribution in [0.3, 0.4) is 0 Å². The van der Waals surface area contributed by atoms with Crippen molar-refractivity contribution in [2.45, 2.75) is 44.7 Å². The van der Waals surface area contributed by atoms with Crippen LogP contribution in [0, 0.1) is 0 Å². The quantitative estimate of drug-likeness (QED) is 0.552. The Morgan fingerprint density at radius 3 is 2.15 bits per heavy atom. The zero-order valence-corrected chi connectivity index (χ0v) is 20.0. The zero-order valence-electron chi connectivity index (χ0n) is 20.0. The Hall–Kier alpha value is -3.39. The molecule has 0 spiro atoms. The number of nitrogens with one attached hydrogen (secondary N) is 1. The van der Waals surface area contributed by atoms with Crippen LogP contribution >= 0.6 is 0 Å². The molecule has 2 unspecified atom stereocenters. The Labute approximate surface area is 199 Å². The van der Waals surface area contributed by atoms with E-state index in [0.717, 1.165) is 22.3 Å². The molecule has 2 atom stereocenters. The Morgan fingerprint density at radius 1 is 1.09 bits per heavy atom. The van der Waals surface area contributed by atoms with Crippen LogP contribution in [-0.2, 0) is 19.1 Å². The van der Waals surface area contributed by atoms with Crippen LogP contribution < -0.4 is 5.32 Å². The minimum Gasteiger partial charge on any atom is -0.481 e. The fraction of sp³-hybridized carbons (Fsp3) is 0.423. The van der Waals surface area contributed by atoms with E-state index in [-0.39, 0.29) is 25.6 Å². The molecule has 0 aromatic heterocycles. The van der Waals surface area contributed by atoms with Crippen molar-refractivity contribution in [1.82, 2.24) is 10.2 Å². The molecule has 34 heavy (non-hydrogen) atoms. The number of methoxy groups -OCH3 is 1. The van der Waals surface area contributed by atoms with Crippen LogP contribution in [0.1, 0.15) is 44.2 Å². The van der Waals surface area contributed by atoms with Gasteiger partial charge < -0.3 is 24.8 Å². The van der Waals surface area contributed by atoms with Gasteiger partial charge in [-0.1, -0.05) is 48.5 Å². The maximum absolute atomic E-state index is 13.3. The van der Waals surface area contributed by atoms with Gasteiger partial charge in [0, 0.05) is 25.6 Å². The van der Waals surface area contributed by atoms with Crippen LogP contribution in [0.2, 0.25) is 0 Å². The Balaban J connectivity index is 1.73. The van der Waals surface area contributed by atoms with E-state index in [1.165, 1.54) is 12.0 Å². The number of benzene rings is 2. The molecule has 3 rings (SSSR count). The lowest BCUT2D eigenvalue weighted by molar-refractivity contribution is -0.144. The number of hydrogen-bond acceptors (Lipinski definition) is 5. The summed E-state index contributed by atoms with van der Waals surface area (Å²) in [6.45, 7) is 5.29. The number of ether oxygens (including phenoxy) is 2. The van der Waals surface area contributed by atoms with E-state index in [1.54, 1.807) is 20.8 Å². The highest BCUT2D eigenvalue weighted by Gasteiger charge is 2.40. The molecule has 0 aliphatic heterocycles. The summed E-state index contributed by atoms with van der Waals surface area (Å²) >= 11 is 0. The van der Waals surface area contributed by atoms with Gasteiger partial charge in [-0.25, -0.2) is 4.79 Å². The molecular formula is C26H32N2O6. The maximum Gasteiger partial charge on any atom is 0.408 e. The maximum atomic E-state index is 13.3. The summed E-state index contributed by atoms with van der Waals surface area (Å²) in [7, 11) is 1.43. The molecular weight excluding hydrogens is 436 g/mol. The van der Waals surface area contributed by atoms with Gasteiger partial charge in [0.2, 0.25) is 0 Å². The van der Waals surface area contributed by atoms with E-state index in [0.29, 0.717) is 6.54 Å². The molecule has 0 radical (unpaired) electrons. The van der Waals surface area contributed by atoms with Crippen molar-refractivity contribution in [2.24, 2.45) is 0 Å². The van der Waals surface area contributed by atoms with Crippen molar-refractivity contribution in [3.63, 3.8) is 0 Å². The number of hydrogen-bond donors (Lipinski definition) is 2. The van der Waals surface area contributed by atoms with Gasteiger partial charge in [-0.15, -0.1) is 0 Å². The third-order valence-electron chi connectivity index (χ3n) is 6.23. The monoisotopic (exact) mass is 468 g/mol. The Morgan fingerprint density at radius 2 is 1.65 bits per heavy atom. The second kappa shape index (κ2) is 10.7. The van der Waals surface area contributed by atoms with Gasteiger partial charge in [-0.05, 0) is 43.0 Å². The third-order valence-corrected chi connectivity index (χ3v) is 6.23. The average molecular weight is 469 g/mol. The summed E-state index contributed by atoms with van der Waals surface area (Å²) in [5, 5.41) is 11.8. The fourth-order valence-electron chi connectivity index (χ4n) is 4.64. The zero-order chi connectivity index (χ0) is 24.9. The molecule has 2 amide bonds. The number of rotatable bonds is 10. The largest absolute Gasteiger partial charge is 0.481 e. The minimum atomic E-state index is -1.42. The molecule has 0 fully saturated rings. The number of carboxylic acid groups (broad SMARTS) is 1. The number of amides is 2. The first-order valence-corrected chi connectivity index (χ1v) is 11.4. The molecule has 1 aliphatic carbocycles. The van der Waals surface area contributed by atoms with Crippen molar-refractivity contribution in [3.05, 3.63) is 59.7 Å². The number of aliphatic carboxylic acids is 1. The molecule has 0 saturated heterocycles. The number of carbonyl (C=O) groups is 3. The summed E-state index contributed by atoms with van der Waals surface area (Å²) < 4.78 is 10.8. The highest BCUT2D eigenvalue weighted by atomic mass is 16.5. The summed E-state index contributed by atoms with van der Waals surface area (Å²) in [6.07, 6.45) is -0.940. The number of carboxylic acids is 1. The molecule has 2 aromatic carbocycles. The first-order valence-electron chi connectivity index (χ1n) is 11.4. The first kappa shape index (κ1) is 25.2. The van der Waals surface area contributed by atoms with E-state index in [9.17, 15) is 14.4 Å². The van der Waals surface area contributed by atoms with E-state index < -0.39 is 29.6 Å². The molecule has 0 bridgehead atoms. The van der Waals surface area contributed by atoms with E-state index in [4.69, 9.17) is 14.6 Å². The van der Waals surface area contributed by atoms with Gasteiger partial charge in [0.05, 0.1) is 13.0 Å². The average Bonchev–Trinajstić information content (AvgIpc) is 3.11. The standard InChI is InChI=1S/C26H32N2O6/c1-5-28(17(2)14-23(29)30)24(31)26(3,16-33-4)27-25(32)34-15-22-20-12-8-6-10-18(20)19-11-7-9-13-21(19)22/h6-13,17,22H,5,14-16H2,1-4H3,(H,27,32)(H,29,30). The number of alkyl carbamates (subject to hydrolysis) is 1. The van der Waals surface area contributed by atoms with Crippen LogP contribution in [0.15, 0.2) is 48.5 Å². The Bertz CT molecular complexity index is 1010. The van der Waals surface area contributed by atoms with E-state index in [1.807, 2.05) is 36.4 Å². The van der Waals surface area contributed by atoms with Gasteiger partial charge in [0.25, 0.3) is 5.91 Å². The molecule has 2 aromatic rings. The van der Waals surface area contributed by atoms with Gasteiger partial charge in [-0.2, -0.15) is 0 Å². The van der Waals surface area contributed by atoms with Crippen molar-refractivity contribution < 1.29 is 29.0 Å². The van der Waals surface area contributed by atoms with Gasteiger partial charge in [0.15, 0.2) is 0 Å². The lowest BCUT2D eigenvalue weighted by Crippen LogP contribution is -2.62. The van der Waals surface area contributed by atoms with E-state index in [2.05, 4.69) is 17.4 Å². The van der Waals surface area contributed by atoms with Crippen molar-refractivity contribution in [3.8, 4) is 11.1 Å². The number of carbonyl (C=O) groups excluding carboxylic acids is 2. The third kappa shape index (κ3) is 5.22. The van der Waals surface area contributed by atoms with Crippen molar-refractivity contribution >= 4 is 18.0 Å². The van der Waals surface area contributed by atoms with Crippen molar-refractivity contribution in [1.29, 1.82) is 0 Å². The summed E-state index contributed by atoms with van der Waals surface area (Å²) in [5.74, 6) is -1.54. The SMILES string of the molecule is CCN(C(=O)C(C)(COC)NC(=O)OCC1c2ccccc2-c2ccccc21)C(C)CC(=O)O. The molecule has 0 heterocycles. The van der Waals surface area contributed by atoms with E-state index >= 15 is 0 Å². The highest BCUT2D eigenvalue weighted by Crippen LogP contribution is 2.44. The van der Waals surface area contributed by atoms with Crippen LogP contribution in [0.4, 0.5) is 4.79 Å². The van der Waals surface area contributed by atoms with Gasteiger partial charge in [0.1, 0.15) is 12.1 Å². The molecule has 8 nitrogen and oxygen atoms in total. The topological polar surface area (TPSA) is 105 Å². The predicted molar refractivity (Wildman–Crippen MR) is 128 cm³/mol. The second-order valence-electron chi connectivity index (χ2n) is 8.75. The molecule has 2 N–H and O–H groups in total. The minimum absolute atomic E-state index is 0.0910. The predicted octanol–water partition coefficient (Wildman–Crippen LogP) is 3.64. The lowest BCUT2D eigenvalue weighted by atomic mass is 9.98. The summed E-state index contributed by atoms with van der Waals surface area (Å²) in [6, 6.07) is 15.5. The Kier molecular flexibility index (Phi) is 7.94. The first-order chi connectivity index (χ1) is 16.2. The second-order valence-corrected chi connectivity index (χ2v) is 8.75.